The van der Waals surface area contributed by atoms with E-state index in [1.165, 1.54) is 18.2 Å². The molecule has 0 atom stereocenters. The van der Waals surface area contributed by atoms with Crippen molar-refractivity contribution in [2.45, 2.75) is 13.3 Å². The normalized spacial score (nSPS) is 13.1. The third kappa shape index (κ3) is 5.80. The predicted molar refractivity (Wildman–Crippen MR) is 122 cm³/mol. The van der Waals surface area contributed by atoms with Crippen LogP contribution >= 0.6 is 28.7 Å². The van der Waals surface area contributed by atoms with Crippen molar-refractivity contribution in [1.82, 2.24) is 0 Å². The molecule has 154 valence electrons. The molecule has 29 heavy (non-hydrogen) atoms. The summed E-state index contributed by atoms with van der Waals surface area (Å²) in [4.78, 5) is 29.9. The molecule has 0 aromatic heterocycles. The summed E-state index contributed by atoms with van der Waals surface area (Å²) in [7, 11) is 0. The maximum absolute atomic E-state index is 12.9. The smallest absolute Gasteiger partial charge is 0.270 e. The molecule has 2 aromatic rings. The SMILES string of the molecule is Br.CCOc1ccccc1N(CC(=O)c1cccc([N+](=O)[O-])c1)C1=NCCCS1. The Morgan fingerprint density at radius 3 is 2.76 bits per heavy atom. The lowest BCUT2D eigenvalue weighted by atomic mass is 10.1. The number of benzene rings is 2. The van der Waals surface area contributed by atoms with Crippen molar-refractivity contribution in [2.75, 3.05) is 30.3 Å². The van der Waals surface area contributed by atoms with Gasteiger partial charge in [0.05, 0.1) is 23.8 Å². The molecule has 0 aliphatic carbocycles. The van der Waals surface area contributed by atoms with Gasteiger partial charge in [0.25, 0.3) is 5.69 Å². The van der Waals surface area contributed by atoms with Crippen molar-refractivity contribution < 1.29 is 14.5 Å². The van der Waals surface area contributed by atoms with Crippen LogP contribution in [0.25, 0.3) is 0 Å². The number of nitro benzene ring substituents is 1. The summed E-state index contributed by atoms with van der Waals surface area (Å²) in [6.07, 6.45) is 0.994. The van der Waals surface area contributed by atoms with Crippen LogP contribution in [0, 0.1) is 10.1 Å². The predicted octanol–water partition coefficient (Wildman–Crippen LogP) is 4.75. The third-order valence-electron chi connectivity index (χ3n) is 4.15. The van der Waals surface area contributed by atoms with Gasteiger partial charge in [0, 0.05) is 30.0 Å². The first-order valence-corrected chi connectivity index (χ1v) is 10.0. The molecule has 1 aliphatic heterocycles. The molecule has 0 bridgehead atoms. The van der Waals surface area contributed by atoms with E-state index in [-0.39, 0.29) is 35.0 Å². The van der Waals surface area contributed by atoms with Crippen molar-refractivity contribution in [1.29, 1.82) is 0 Å². The number of rotatable bonds is 7. The number of aliphatic imine (C=N–C) groups is 1. The molecule has 2 aromatic carbocycles. The molecular weight excluding hydrogens is 458 g/mol. The van der Waals surface area contributed by atoms with Gasteiger partial charge in [-0.15, -0.1) is 17.0 Å². The largest absolute Gasteiger partial charge is 0.492 e. The molecule has 1 aliphatic rings. The first-order chi connectivity index (χ1) is 13.6. The molecule has 0 radical (unpaired) electrons. The van der Waals surface area contributed by atoms with E-state index in [0.29, 0.717) is 24.5 Å². The second-order valence-electron chi connectivity index (χ2n) is 6.08. The second-order valence-corrected chi connectivity index (χ2v) is 7.15. The van der Waals surface area contributed by atoms with E-state index in [9.17, 15) is 14.9 Å². The van der Waals surface area contributed by atoms with Crippen LogP contribution in [0.3, 0.4) is 0 Å². The van der Waals surface area contributed by atoms with Gasteiger partial charge in [-0.1, -0.05) is 36.0 Å². The topological polar surface area (TPSA) is 85.0 Å². The Labute approximate surface area is 184 Å². The number of ether oxygens (including phenoxy) is 1. The Kier molecular flexibility index (Phi) is 8.66. The molecule has 1 heterocycles. The molecule has 7 nitrogen and oxygen atoms in total. The minimum Gasteiger partial charge on any atom is -0.492 e. The monoisotopic (exact) mass is 479 g/mol. The third-order valence-corrected chi connectivity index (χ3v) is 5.25. The van der Waals surface area contributed by atoms with E-state index in [2.05, 4.69) is 4.99 Å². The van der Waals surface area contributed by atoms with E-state index in [1.807, 2.05) is 36.1 Å². The summed E-state index contributed by atoms with van der Waals surface area (Å²) >= 11 is 1.60. The van der Waals surface area contributed by atoms with Crippen molar-refractivity contribution >= 4 is 51.1 Å². The van der Waals surface area contributed by atoms with Gasteiger partial charge < -0.3 is 9.64 Å². The van der Waals surface area contributed by atoms with E-state index in [1.54, 1.807) is 17.8 Å². The van der Waals surface area contributed by atoms with E-state index in [0.717, 1.165) is 23.0 Å². The number of hydrogen-bond acceptors (Lipinski definition) is 7. The van der Waals surface area contributed by atoms with Gasteiger partial charge in [0.15, 0.2) is 11.0 Å². The van der Waals surface area contributed by atoms with Gasteiger partial charge in [-0.3, -0.25) is 19.9 Å². The van der Waals surface area contributed by atoms with Gasteiger partial charge in [-0.2, -0.15) is 0 Å². The lowest BCUT2D eigenvalue weighted by Crippen LogP contribution is -2.36. The number of ketones is 1. The van der Waals surface area contributed by atoms with Crippen molar-refractivity contribution in [2.24, 2.45) is 4.99 Å². The number of para-hydroxylation sites is 2. The number of non-ortho nitro benzene ring substituents is 1. The lowest BCUT2D eigenvalue weighted by Gasteiger charge is -2.28. The highest BCUT2D eigenvalue weighted by molar-refractivity contribution is 8.93. The molecular formula is C20H22BrN3O4S. The van der Waals surface area contributed by atoms with Crippen molar-refractivity contribution in [3.63, 3.8) is 0 Å². The van der Waals surface area contributed by atoms with E-state index in [4.69, 9.17) is 4.74 Å². The standard InChI is InChI=1S/C20H21N3O4S.BrH/c1-2-27-19-10-4-3-9-17(19)22(20-21-11-6-12-28-20)14-18(24)15-7-5-8-16(13-15)23(25)26;/h3-5,7-10,13H,2,6,11-12,14H2,1H3;1H. The van der Waals surface area contributed by atoms with E-state index >= 15 is 0 Å². The Hall–Kier alpha value is -2.39. The Bertz CT molecular complexity index is 907. The molecule has 0 N–H and O–H groups in total. The van der Waals surface area contributed by atoms with Gasteiger partial charge in [0.2, 0.25) is 0 Å². The van der Waals surface area contributed by atoms with Crippen LogP contribution in [0.1, 0.15) is 23.7 Å². The number of carbonyl (C=O) groups is 1. The fourth-order valence-corrected chi connectivity index (χ4v) is 3.81. The quantitative estimate of drug-likeness (QED) is 0.323. The highest BCUT2D eigenvalue weighted by atomic mass is 79.9. The van der Waals surface area contributed by atoms with Gasteiger partial charge >= 0.3 is 0 Å². The van der Waals surface area contributed by atoms with Crippen LogP contribution in [0.5, 0.6) is 5.75 Å². The number of nitrogens with zero attached hydrogens (tertiary/aromatic N) is 3. The van der Waals surface area contributed by atoms with Crippen LogP contribution in [-0.2, 0) is 0 Å². The number of thioether (sulfide) groups is 1. The molecule has 9 heteroatoms. The van der Waals surface area contributed by atoms with Crippen molar-refractivity contribution in [3.05, 3.63) is 64.2 Å². The Balaban J connectivity index is 0.00000300. The number of halogens is 1. The molecule has 0 fully saturated rings. The molecule has 0 unspecified atom stereocenters. The molecule has 0 saturated carbocycles. The molecule has 0 saturated heterocycles. The minimum atomic E-state index is -0.500. The summed E-state index contributed by atoms with van der Waals surface area (Å²) in [5, 5.41) is 11.8. The van der Waals surface area contributed by atoms with Crippen molar-refractivity contribution in [3.8, 4) is 5.75 Å². The fourth-order valence-electron chi connectivity index (χ4n) is 2.85. The van der Waals surface area contributed by atoms with Crippen LogP contribution < -0.4 is 9.64 Å². The van der Waals surface area contributed by atoms with Crippen LogP contribution in [0.15, 0.2) is 53.5 Å². The number of nitro groups is 1. The van der Waals surface area contributed by atoms with Gasteiger partial charge in [-0.25, -0.2) is 0 Å². The average Bonchev–Trinajstić information content (AvgIpc) is 2.73. The summed E-state index contributed by atoms with van der Waals surface area (Å²) in [5.41, 5.74) is 0.960. The molecule has 0 spiro atoms. The van der Waals surface area contributed by atoms with Gasteiger partial charge in [0.1, 0.15) is 5.75 Å². The number of hydrogen-bond donors (Lipinski definition) is 0. The summed E-state index contributed by atoms with van der Waals surface area (Å²) in [6.45, 7) is 3.14. The zero-order valence-corrected chi connectivity index (χ0v) is 18.5. The van der Waals surface area contributed by atoms with Gasteiger partial charge in [-0.05, 0) is 25.5 Å². The number of Topliss-reactive ketones (excluding diaryl/α,β-unsaturated/α-hetero) is 1. The average molecular weight is 480 g/mol. The maximum atomic E-state index is 12.9. The first-order valence-electron chi connectivity index (χ1n) is 9.04. The zero-order chi connectivity index (χ0) is 19.9. The lowest BCUT2D eigenvalue weighted by molar-refractivity contribution is -0.384. The highest BCUT2D eigenvalue weighted by Crippen LogP contribution is 2.32. The first kappa shape index (κ1) is 22.9. The van der Waals surface area contributed by atoms with Crippen LogP contribution in [0.2, 0.25) is 0 Å². The van der Waals surface area contributed by atoms with Crippen LogP contribution in [0.4, 0.5) is 11.4 Å². The fraction of sp³-hybridized carbons (Fsp3) is 0.300. The Morgan fingerprint density at radius 2 is 2.07 bits per heavy atom. The van der Waals surface area contributed by atoms with E-state index < -0.39 is 4.92 Å². The number of amidine groups is 1. The summed E-state index contributed by atoms with van der Waals surface area (Å²) < 4.78 is 5.74. The number of anilines is 1. The maximum Gasteiger partial charge on any atom is 0.270 e. The molecule has 0 amide bonds. The Morgan fingerprint density at radius 1 is 1.28 bits per heavy atom. The second kappa shape index (κ2) is 11.0. The van der Waals surface area contributed by atoms with Crippen LogP contribution in [-0.4, -0.2) is 41.3 Å². The molecule has 3 rings (SSSR count). The summed E-state index contributed by atoms with van der Waals surface area (Å²) in [5.74, 6) is 1.38. The minimum absolute atomic E-state index is 0. The highest BCUT2D eigenvalue weighted by Gasteiger charge is 2.24. The number of carbonyl (C=O) groups excluding carboxylic acids is 1. The zero-order valence-electron chi connectivity index (χ0n) is 15.9. The summed E-state index contributed by atoms with van der Waals surface area (Å²) in [6, 6.07) is 13.3.